The molecule has 2 heterocycles. The quantitative estimate of drug-likeness (QED) is 0.862. The minimum absolute atomic E-state index is 0.108. The zero-order valence-electron chi connectivity index (χ0n) is 14.2. The Hall–Kier alpha value is -3.66. The summed E-state index contributed by atoms with van der Waals surface area (Å²) in [6.07, 6.45) is 2.04. The number of nitrogens with zero attached hydrogens (tertiary/aromatic N) is 3. The molecule has 1 aliphatic rings. The average molecular weight is 348 g/mol. The molecule has 3 rings (SSSR count). The lowest BCUT2D eigenvalue weighted by Crippen LogP contribution is -2.48. The number of pyridine rings is 1. The Kier molecular flexibility index (Phi) is 4.42. The van der Waals surface area contributed by atoms with Crippen molar-refractivity contribution in [3.63, 3.8) is 0 Å². The summed E-state index contributed by atoms with van der Waals surface area (Å²) in [6, 6.07) is 9.86. The molecule has 26 heavy (non-hydrogen) atoms. The van der Waals surface area contributed by atoms with Crippen molar-refractivity contribution in [3.8, 4) is 17.2 Å². The van der Waals surface area contributed by atoms with Gasteiger partial charge in [-0.25, -0.2) is 14.5 Å². The van der Waals surface area contributed by atoms with E-state index in [1.54, 1.807) is 18.5 Å². The lowest BCUT2D eigenvalue weighted by atomic mass is 9.93. The molecule has 1 aromatic heterocycles. The number of hydrogen-bond acceptors (Lipinski definition) is 4. The Morgan fingerprint density at radius 3 is 2.77 bits per heavy atom. The first-order valence-electron chi connectivity index (χ1n) is 7.89. The topological polar surface area (TPSA) is 106 Å². The number of amides is 3. The molecule has 130 valence electrons. The molecule has 7 heteroatoms. The van der Waals surface area contributed by atoms with Gasteiger partial charge >= 0.3 is 12.1 Å². The molecule has 0 radical (unpaired) electrons. The standard InChI is InChI=1S/C19H16N4O3/c1-11-6-7-21-10-16(11)13-4-3-5-14(8-13)17-15(9-20)12(2)23(19(25)26)18(24)22-17/h3-8,10,17H,1-2H3,(H,22,24)(H,25,26). The second kappa shape index (κ2) is 6.69. The average Bonchev–Trinajstić information content (AvgIpc) is 2.61. The minimum atomic E-state index is -1.43. The molecule has 0 aliphatic carbocycles. The van der Waals surface area contributed by atoms with E-state index in [1.807, 2.05) is 37.3 Å². The third kappa shape index (κ3) is 2.89. The van der Waals surface area contributed by atoms with Gasteiger partial charge in [-0.1, -0.05) is 18.2 Å². The first kappa shape index (κ1) is 17.2. The van der Waals surface area contributed by atoms with Crippen molar-refractivity contribution in [3.05, 3.63) is 65.1 Å². The van der Waals surface area contributed by atoms with Gasteiger partial charge in [0.05, 0.1) is 17.7 Å². The number of benzene rings is 1. The number of imide groups is 1. The van der Waals surface area contributed by atoms with Crippen LogP contribution in [0.2, 0.25) is 0 Å². The van der Waals surface area contributed by atoms with E-state index in [0.29, 0.717) is 10.5 Å². The van der Waals surface area contributed by atoms with E-state index in [9.17, 15) is 20.0 Å². The van der Waals surface area contributed by atoms with Gasteiger partial charge in [-0.15, -0.1) is 0 Å². The fraction of sp³-hybridized carbons (Fsp3) is 0.158. The molecule has 0 spiro atoms. The van der Waals surface area contributed by atoms with Gasteiger partial charge in [-0.2, -0.15) is 5.26 Å². The molecule has 0 saturated carbocycles. The van der Waals surface area contributed by atoms with Crippen LogP contribution in [0.5, 0.6) is 0 Å². The molecular weight excluding hydrogens is 332 g/mol. The SMILES string of the molecule is CC1=C(C#N)C(c2cccc(-c3cnccc3C)c2)NC(=O)N1C(=O)O. The van der Waals surface area contributed by atoms with Crippen molar-refractivity contribution in [1.29, 1.82) is 5.26 Å². The highest BCUT2D eigenvalue weighted by Crippen LogP contribution is 2.32. The second-order valence-electron chi connectivity index (χ2n) is 5.93. The van der Waals surface area contributed by atoms with Crippen molar-refractivity contribution in [2.24, 2.45) is 0 Å². The maximum absolute atomic E-state index is 12.2. The van der Waals surface area contributed by atoms with Gasteiger partial charge in [0.15, 0.2) is 0 Å². The van der Waals surface area contributed by atoms with Crippen molar-refractivity contribution in [2.75, 3.05) is 0 Å². The van der Waals surface area contributed by atoms with E-state index in [2.05, 4.69) is 10.3 Å². The number of carbonyl (C=O) groups is 2. The summed E-state index contributed by atoms with van der Waals surface area (Å²) >= 11 is 0. The molecule has 2 N–H and O–H groups in total. The van der Waals surface area contributed by atoms with Gasteiger partial charge in [0.2, 0.25) is 0 Å². The Bertz CT molecular complexity index is 975. The number of aryl methyl sites for hydroxylation is 1. The Morgan fingerprint density at radius 1 is 1.35 bits per heavy atom. The van der Waals surface area contributed by atoms with Gasteiger partial charge < -0.3 is 10.4 Å². The Labute approximate surface area is 150 Å². The van der Waals surface area contributed by atoms with Crippen LogP contribution in [0.4, 0.5) is 9.59 Å². The highest BCUT2D eigenvalue weighted by atomic mass is 16.4. The summed E-state index contributed by atoms with van der Waals surface area (Å²) in [5.74, 6) is 0. The van der Waals surface area contributed by atoms with Crippen molar-refractivity contribution in [2.45, 2.75) is 19.9 Å². The zero-order valence-corrected chi connectivity index (χ0v) is 14.2. The third-order valence-electron chi connectivity index (χ3n) is 4.37. The zero-order chi connectivity index (χ0) is 18.8. The minimum Gasteiger partial charge on any atom is -0.464 e. The number of rotatable bonds is 2. The van der Waals surface area contributed by atoms with Crippen LogP contribution in [-0.4, -0.2) is 27.1 Å². The summed E-state index contributed by atoms with van der Waals surface area (Å²) in [5, 5.41) is 21.3. The second-order valence-corrected chi connectivity index (χ2v) is 5.93. The largest absolute Gasteiger partial charge is 0.464 e. The normalized spacial score (nSPS) is 16.9. The highest BCUT2D eigenvalue weighted by molar-refractivity contribution is 5.94. The molecule has 3 amide bonds. The summed E-state index contributed by atoms with van der Waals surface area (Å²) in [7, 11) is 0. The molecule has 0 bridgehead atoms. The summed E-state index contributed by atoms with van der Waals surface area (Å²) < 4.78 is 0. The van der Waals surface area contributed by atoms with Crippen LogP contribution in [0.25, 0.3) is 11.1 Å². The Balaban J connectivity index is 2.09. The maximum Gasteiger partial charge on any atom is 0.419 e. The number of allylic oxidation sites excluding steroid dienone is 1. The van der Waals surface area contributed by atoms with Crippen LogP contribution in [0.3, 0.4) is 0 Å². The number of aromatic nitrogens is 1. The van der Waals surface area contributed by atoms with E-state index in [1.165, 1.54) is 6.92 Å². The van der Waals surface area contributed by atoms with E-state index >= 15 is 0 Å². The molecule has 2 aromatic rings. The number of nitrogens with one attached hydrogen (secondary N) is 1. The highest BCUT2D eigenvalue weighted by Gasteiger charge is 2.35. The molecule has 0 saturated heterocycles. The number of carboxylic acid groups (broad SMARTS) is 1. The van der Waals surface area contributed by atoms with Crippen LogP contribution < -0.4 is 5.32 Å². The van der Waals surface area contributed by atoms with Crippen LogP contribution in [0.1, 0.15) is 24.1 Å². The van der Waals surface area contributed by atoms with Crippen LogP contribution >= 0.6 is 0 Å². The van der Waals surface area contributed by atoms with Gasteiger partial charge in [-0.05, 0) is 42.7 Å². The number of nitriles is 1. The van der Waals surface area contributed by atoms with Crippen molar-refractivity contribution < 1.29 is 14.7 Å². The number of hydrogen-bond donors (Lipinski definition) is 2. The maximum atomic E-state index is 12.2. The van der Waals surface area contributed by atoms with E-state index < -0.39 is 18.2 Å². The Morgan fingerprint density at radius 2 is 2.12 bits per heavy atom. The fourth-order valence-corrected chi connectivity index (χ4v) is 3.02. The van der Waals surface area contributed by atoms with Crippen LogP contribution in [0, 0.1) is 18.3 Å². The first-order chi connectivity index (χ1) is 12.4. The third-order valence-corrected chi connectivity index (χ3v) is 4.37. The van der Waals surface area contributed by atoms with Gasteiger partial charge in [-0.3, -0.25) is 4.98 Å². The molecule has 7 nitrogen and oxygen atoms in total. The van der Waals surface area contributed by atoms with Crippen molar-refractivity contribution >= 4 is 12.1 Å². The molecular formula is C19H16N4O3. The number of carbonyl (C=O) groups excluding carboxylic acids is 1. The van der Waals surface area contributed by atoms with Crippen LogP contribution in [0.15, 0.2) is 54.0 Å². The lowest BCUT2D eigenvalue weighted by Gasteiger charge is -2.31. The lowest BCUT2D eigenvalue weighted by molar-refractivity contribution is 0.155. The van der Waals surface area contributed by atoms with Crippen LogP contribution in [-0.2, 0) is 0 Å². The van der Waals surface area contributed by atoms with Crippen molar-refractivity contribution in [1.82, 2.24) is 15.2 Å². The van der Waals surface area contributed by atoms with Gasteiger partial charge in [0.25, 0.3) is 0 Å². The molecule has 1 aliphatic heterocycles. The smallest absolute Gasteiger partial charge is 0.419 e. The first-order valence-corrected chi connectivity index (χ1v) is 7.89. The summed E-state index contributed by atoms with van der Waals surface area (Å²) in [5.41, 5.74) is 3.89. The monoisotopic (exact) mass is 348 g/mol. The van der Waals surface area contributed by atoms with E-state index in [0.717, 1.165) is 16.7 Å². The predicted molar refractivity (Wildman–Crippen MR) is 93.9 cm³/mol. The van der Waals surface area contributed by atoms with E-state index in [-0.39, 0.29) is 11.3 Å². The molecule has 1 unspecified atom stereocenters. The predicted octanol–water partition coefficient (Wildman–Crippen LogP) is 3.60. The molecule has 0 fully saturated rings. The van der Waals surface area contributed by atoms with Gasteiger partial charge in [0.1, 0.15) is 0 Å². The molecule has 1 aromatic carbocycles. The van der Waals surface area contributed by atoms with E-state index in [4.69, 9.17) is 0 Å². The number of urea groups is 1. The summed E-state index contributed by atoms with van der Waals surface area (Å²) in [4.78, 5) is 28.1. The summed E-state index contributed by atoms with van der Waals surface area (Å²) in [6.45, 7) is 3.43. The fourth-order valence-electron chi connectivity index (χ4n) is 3.02. The van der Waals surface area contributed by atoms with Gasteiger partial charge in [0, 0.05) is 23.7 Å². The molecule has 1 atom stereocenters.